The van der Waals surface area contributed by atoms with Crippen molar-refractivity contribution in [3.8, 4) is 39.1 Å². The first-order valence-corrected chi connectivity index (χ1v) is 21.6. The van der Waals surface area contributed by atoms with Crippen molar-refractivity contribution in [2.45, 2.75) is 19.3 Å². The zero-order valence-electron chi connectivity index (χ0n) is 33.4. The Balaban J connectivity index is 0.987. The molecule has 0 bridgehead atoms. The van der Waals surface area contributed by atoms with Crippen LogP contribution in [0, 0.1) is 0 Å². The van der Waals surface area contributed by atoms with E-state index in [1.54, 1.807) is 0 Å². The highest BCUT2D eigenvalue weighted by Gasteiger charge is 2.35. The quantitative estimate of drug-likeness (QED) is 0.163. The number of anilines is 3. The molecule has 2 aromatic heterocycles. The van der Waals surface area contributed by atoms with Crippen molar-refractivity contribution in [3.05, 3.63) is 217 Å². The van der Waals surface area contributed by atoms with Crippen molar-refractivity contribution in [2.75, 3.05) is 4.90 Å². The highest BCUT2D eigenvalue weighted by molar-refractivity contribution is 7.27. The van der Waals surface area contributed by atoms with Crippen LogP contribution in [0.15, 0.2) is 206 Å². The number of benzene rings is 9. The van der Waals surface area contributed by atoms with Crippen molar-refractivity contribution >= 4 is 70.4 Å². The average Bonchev–Trinajstić information content (AvgIpc) is 3.93. The van der Waals surface area contributed by atoms with Crippen LogP contribution < -0.4 is 4.90 Å². The number of para-hydroxylation sites is 2. The van der Waals surface area contributed by atoms with E-state index in [2.05, 4.69) is 230 Å². The molecule has 0 radical (unpaired) electrons. The molecule has 0 aliphatic heterocycles. The minimum absolute atomic E-state index is 0.0976. The van der Waals surface area contributed by atoms with Crippen molar-refractivity contribution < 1.29 is 0 Å². The van der Waals surface area contributed by atoms with Crippen LogP contribution in [0.5, 0.6) is 0 Å². The summed E-state index contributed by atoms with van der Waals surface area (Å²) in [5.41, 5.74) is 17.3. The maximum Gasteiger partial charge on any atom is 0.0555 e. The Morgan fingerprint density at radius 1 is 0.400 bits per heavy atom. The highest BCUT2D eigenvalue weighted by Crippen LogP contribution is 2.51. The number of thiophene rings is 1. The molecule has 0 saturated carbocycles. The van der Waals surface area contributed by atoms with Crippen LogP contribution in [0.1, 0.15) is 25.0 Å². The minimum atomic E-state index is -0.0976. The Bertz CT molecular complexity index is 3430. The molecule has 60 heavy (non-hydrogen) atoms. The fourth-order valence-corrected chi connectivity index (χ4v) is 11.3. The van der Waals surface area contributed by atoms with E-state index in [9.17, 15) is 0 Å². The van der Waals surface area contributed by atoms with E-state index in [0.717, 1.165) is 17.1 Å². The third-order valence-electron chi connectivity index (χ3n) is 12.8. The van der Waals surface area contributed by atoms with E-state index >= 15 is 0 Å². The fourth-order valence-electron chi connectivity index (χ4n) is 9.89. The monoisotopic (exact) mass is 784 g/mol. The molecule has 0 fully saturated rings. The van der Waals surface area contributed by atoms with Gasteiger partial charge in [0.2, 0.25) is 0 Å². The van der Waals surface area contributed by atoms with E-state index < -0.39 is 0 Å². The Labute approximate surface area is 353 Å². The lowest BCUT2D eigenvalue weighted by Crippen LogP contribution is -2.16. The molecule has 284 valence electrons. The van der Waals surface area contributed by atoms with Crippen molar-refractivity contribution in [1.29, 1.82) is 0 Å². The lowest BCUT2D eigenvalue weighted by Gasteiger charge is -2.28. The zero-order valence-corrected chi connectivity index (χ0v) is 34.2. The van der Waals surface area contributed by atoms with Gasteiger partial charge in [-0.2, -0.15) is 0 Å². The van der Waals surface area contributed by atoms with Crippen LogP contribution in [0.4, 0.5) is 17.1 Å². The van der Waals surface area contributed by atoms with E-state index in [0.29, 0.717) is 0 Å². The average molecular weight is 785 g/mol. The molecule has 3 heteroatoms. The van der Waals surface area contributed by atoms with Crippen LogP contribution in [0.25, 0.3) is 81.0 Å². The molecule has 12 rings (SSSR count). The van der Waals surface area contributed by atoms with Gasteiger partial charge in [-0.05, 0) is 105 Å². The van der Waals surface area contributed by atoms with Gasteiger partial charge in [0.1, 0.15) is 0 Å². The number of fused-ring (bicyclic) bond motifs is 10. The van der Waals surface area contributed by atoms with Gasteiger partial charge < -0.3 is 9.47 Å². The summed E-state index contributed by atoms with van der Waals surface area (Å²) in [5, 5.41) is 5.22. The van der Waals surface area contributed by atoms with Gasteiger partial charge in [0.15, 0.2) is 0 Å². The van der Waals surface area contributed by atoms with Gasteiger partial charge in [-0.3, -0.25) is 0 Å². The first-order valence-electron chi connectivity index (χ1n) is 20.8. The predicted octanol–water partition coefficient (Wildman–Crippen LogP) is 16.3. The predicted molar refractivity (Wildman–Crippen MR) is 257 cm³/mol. The van der Waals surface area contributed by atoms with E-state index in [4.69, 9.17) is 0 Å². The summed E-state index contributed by atoms with van der Waals surface area (Å²) in [6.45, 7) is 4.71. The highest BCUT2D eigenvalue weighted by atomic mass is 32.1. The summed E-state index contributed by atoms with van der Waals surface area (Å²) in [4.78, 5) is 2.41. The SMILES string of the molecule is CC1(C)c2ccccc2-c2ccc(N(c3ccc(-c4ccccc4)cc3)c3ccc(-c4cccc5c4sc4c5ccc5c4c4ccccc4n5-c4ccccc4)cc3)cc21. The normalized spacial score (nSPS) is 13.0. The van der Waals surface area contributed by atoms with Crippen molar-refractivity contribution in [3.63, 3.8) is 0 Å². The lowest BCUT2D eigenvalue weighted by molar-refractivity contribution is 0.660. The fraction of sp³-hybridized carbons (Fsp3) is 0.0526. The number of aromatic nitrogens is 1. The standard InChI is InChI=1S/C57H40N2S/c1-57(2)50-22-11-9-18-45(50)46-33-32-43(36-51(46)57)58(41-28-24-38(25-29-41)37-14-5-3-6-15-37)42-30-26-39(27-31-42)44-20-13-21-47-48-34-35-53-54(56(48)60-55(44)47)49-19-10-12-23-52(49)59(53)40-16-7-4-8-17-40/h3-36H,1-2H3. The topological polar surface area (TPSA) is 8.17 Å². The number of hydrogen-bond donors (Lipinski definition) is 0. The molecule has 0 saturated heterocycles. The number of nitrogens with zero attached hydrogens (tertiary/aromatic N) is 2. The number of rotatable bonds is 6. The molecule has 2 nitrogen and oxygen atoms in total. The summed E-state index contributed by atoms with van der Waals surface area (Å²) in [7, 11) is 0. The van der Waals surface area contributed by atoms with Crippen molar-refractivity contribution in [2.24, 2.45) is 0 Å². The van der Waals surface area contributed by atoms with Crippen LogP contribution in [0.2, 0.25) is 0 Å². The van der Waals surface area contributed by atoms with E-state index in [1.165, 1.54) is 92.2 Å². The first kappa shape index (κ1) is 34.8. The molecule has 0 N–H and O–H groups in total. The molecular weight excluding hydrogens is 745 g/mol. The molecule has 0 atom stereocenters. The second-order valence-electron chi connectivity index (χ2n) is 16.5. The second-order valence-corrected chi connectivity index (χ2v) is 17.5. The molecule has 0 unspecified atom stereocenters. The molecule has 2 heterocycles. The Kier molecular flexibility index (Phi) is 7.79. The van der Waals surface area contributed by atoms with Gasteiger partial charge in [-0.25, -0.2) is 0 Å². The van der Waals surface area contributed by atoms with Crippen molar-refractivity contribution in [1.82, 2.24) is 4.57 Å². The lowest BCUT2D eigenvalue weighted by atomic mass is 9.82. The van der Waals surface area contributed by atoms with Crippen LogP contribution >= 0.6 is 11.3 Å². The van der Waals surface area contributed by atoms with Gasteiger partial charge in [-0.1, -0.05) is 159 Å². The van der Waals surface area contributed by atoms with Gasteiger partial charge in [0.05, 0.1) is 11.0 Å². The molecule has 11 aromatic rings. The maximum absolute atomic E-state index is 2.42. The summed E-state index contributed by atoms with van der Waals surface area (Å²) >= 11 is 1.92. The molecule has 0 spiro atoms. The minimum Gasteiger partial charge on any atom is -0.310 e. The number of hydrogen-bond acceptors (Lipinski definition) is 2. The third-order valence-corrected chi connectivity index (χ3v) is 14.1. The largest absolute Gasteiger partial charge is 0.310 e. The molecular formula is C57H40N2S. The maximum atomic E-state index is 2.42. The van der Waals surface area contributed by atoms with Crippen LogP contribution in [-0.4, -0.2) is 4.57 Å². The molecule has 9 aromatic carbocycles. The molecule has 1 aliphatic carbocycles. The Morgan fingerprint density at radius 2 is 0.983 bits per heavy atom. The Hall–Kier alpha value is -7.20. The zero-order chi connectivity index (χ0) is 40.0. The molecule has 0 amide bonds. The van der Waals surface area contributed by atoms with Gasteiger partial charge in [-0.15, -0.1) is 11.3 Å². The first-order chi connectivity index (χ1) is 29.5. The van der Waals surface area contributed by atoms with Gasteiger partial charge in [0.25, 0.3) is 0 Å². The summed E-state index contributed by atoms with van der Waals surface area (Å²) in [6, 6.07) is 75.8. The summed E-state index contributed by atoms with van der Waals surface area (Å²) in [6.07, 6.45) is 0. The third kappa shape index (κ3) is 5.26. The van der Waals surface area contributed by atoms with Gasteiger partial charge >= 0.3 is 0 Å². The Morgan fingerprint density at radius 3 is 1.77 bits per heavy atom. The summed E-state index contributed by atoms with van der Waals surface area (Å²) < 4.78 is 5.07. The second kappa shape index (κ2) is 13.4. The molecule has 1 aliphatic rings. The van der Waals surface area contributed by atoms with Gasteiger partial charge in [0, 0.05) is 59.1 Å². The van der Waals surface area contributed by atoms with Crippen LogP contribution in [0.3, 0.4) is 0 Å². The van der Waals surface area contributed by atoms with E-state index in [1.807, 2.05) is 11.3 Å². The van der Waals surface area contributed by atoms with E-state index in [-0.39, 0.29) is 5.41 Å². The van der Waals surface area contributed by atoms with Crippen LogP contribution in [-0.2, 0) is 5.41 Å². The summed E-state index contributed by atoms with van der Waals surface area (Å²) in [5.74, 6) is 0. The smallest absolute Gasteiger partial charge is 0.0555 e.